The average Bonchev–Trinajstić information content (AvgIpc) is 2.66. The molecule has 1 fully saturated rings. The van der Waals surface area contributed by atoms with Gasteiger partial charge in [-0.1, -0.05) is 0 Å². The largest absolute Gasteiger partial charge is 1.00 e. The number of nitrogens with one attached hydrogen (secondary N) is 3. The Morgan fingerprint density at radius 2 is 1.80 bits per heavy atom. The monoisotopic (exact) mass is 443 g/mol. The number of amides is 3. The standard InChI is InChI=1S/C16H27N3O10.Na/c1-4-17-13(24)14(25)18-6-9(22)11(23)12-10(19-7(2)20)8(21)5-16(28-3,29-12)15(26)27;/h8-12,21-23H,4-6H2,1-3H3,(H,17,24)(H,18,25)(H,19,20)(H,26,27);/q;+1/p-1/t8-,9+,10+,11+,12+,16+;/m0./s1. The first-order valence-electron chi connectivity index (χ1n) is 8.80. The van der Waals surface area contributed by atoms with Gasteiger partial charge < -0.3 is 50.6 Å². The summed E-state index contributed by atoms with van der Waals surface area (Å²) in [5, 5.41) is 49.0. The second-order valence-corrected chi connectivity index (χ2v) is 6.45. The molecule has 166 valence electrons. The molecule has 0 aromatic rings. The van der Waals surface area contributed by atoms with Gasteiger partial charge in [0.15, 0.2) is 0 Å². The fourth-order valence-corrected chi connectivity index (χ4v) is 2.86. The van der Waals surface area contributed by atoms with Crippen molar-refractivity contribution >= 4 is 23.7 Å². The van der Waals surface area contributed by atoms with E-state index in [4.69, 9.17) is 9.47 Å². The maximum atomic E-state index is 11.6. The first-order chi connectivity index (χ1) is 13.5. The van der Waals surface area contributed by atoms with Crippen molar-refractivity contribution in [1.29, 1.82) is 0 Å². The van der Waals surface area contributed by atoms with Crippen molar-refractivity contribution in [2.24, 2.45) is 0 Å². The van der Waals surface area contributed by atoms with Gasteiger partial charge in [0.2, 0.25) is 11.7 Å². The summed E-state index contributed by atoms with van der Waals surface area (Å²) in [5.74, 6) is -6.92. The van der Waals surface area contributed by atoms with Gasteiger partial charge in [0, 0.05) is 33.5 Å². The van der Waals surface area contributed by atoms with Crippen LogP contribution >= 0.6 is 0 Å². The van der Waals surface area contributed by atoms with Gasteiger partial charge in [-0.15, -0.1) is 0 Å². The van der Waals surface area contributed by atoms with E-state index in [1.54, 1.807) is 6.92 Å². The van der Waals surface area contributed by atoms with E-state index >= 15 is 0 Å². The Morgan fingerprint density at radius 3 is 2.27 bits per heavy atom. The summed E-state index contributed by atoms with van der Waals surface area (Å²) in [6.45, 7) is 2.31. The molecule has 6 atom stereocenters. The summed E-state index contributed by atoms with van der Waals surface area (Å²) in [5.41, 5.74) is 0. The molecule has 0 aromatic carbocycles. The van der Waals surface area contributed by atoms with Crippen LogP contribution in [0, 0.1) is 0 Å². The van der Waals surface area contributed by atoms with Crippen LogP contribution < -0.4 is 50.6 Å². The summed E-state index contributed by atoms with van der Waals surface area (Å²) in [6, 6.07) is -1.31. The average molecular weight is 443 g/mol. The quantitative estimate of drug-likeness (QED) is 0.154. The van der Waals surface area contributed by atoms with Gasteiger partial charge >= 0.3 is 41.4 Å². The van der Waals surface area contributed by atoms with Gasteiger partial charge in [-0.3, -0.25) is 14.4 Å². The van der Waals surface area contributed by atoms with Crippen molar-refractivity contribution < 1.29 is 78.6 Å². The van der Waals surface area contributed by atoms with Crippen molar-refractivity contribution in [3.05, 3.63) is 0 Å². The molecular formula is C16H26N3NaO10. The van der Waals surface area contributed by atoms with Gasteiger partial charge in [0.1, 0.15) is 18.2 Å². The summed E-state index contributed by atoms with van der Waals surface area (Å²) < 4.78 is 10.1. The smallest absolute Gasteiger partial charge is 0.544 e. The zero-order valence-electron chi connectivity index (χ0n) is 17.2. The molecule has 0 aromatic heterocycles. The predicted molar refractivity (Wildman–Crippen MR) is 91.6 cm³/mol. The second-order valence-electron chi connectivity index (χ2n) is 6.45. The van der Waals surface area contributed by atoms with Gasteiger partial charge in [-0.05, 0) is 6.92 Å². The Hall–Kier alpha value is -1.32. The fourth-order valence-electron chi connectivity index (χ4n) is 2.86. The Morgan fingerprint density at radius 1 is 1.23 bits per heavy atom. The van der Waals surface area contributed by atoms with Gasteiger partial charge in [-0.25, -0.2) is 0 Å². The number of carboxylic acid groups (broad SMARTS) is 1. The number of carboxylic acids is 1. The molecule has 0 radical (unpaired) electrons. The number of methoxy groups -OCH3 is 1. The van der Waals surface area contributed by atoms with E-state index in [-0.39, 0.29) is 36.1 Å². The third kappa shape index (κ3) is 7.13. The Balaban J connectivity index is 0.00000841. The Labute approximate surface area is 194 Å². The molecule has 3 amide bonds. The second kappa shape index (κ2) is 12.5. The minimum Gasteiger partial charge on any atom is -0.544 e. The van der Waals surface area contributed by atoms with E-state index in [2.05, 4.69) is 16.0 Å². The minimum atomic E-state index is -2.44. The van der Waals surface area contributed by atoms with Crippen molar-refractivity contribution in [1.82, 2.24) is 16.0 Å². The molecule has 14 heteroatoms. The number of carbonyl (C=O) groups is 4. The minimum absolute atomic E-state index is 0. The van der Waals surface area contributed by atoms with E-state index in [1.165, 1.54) is 0 Å². The number of hydrogen-bond donors (Lipinski definition) is 6. The van der Waals surface area contributed by atoms with Crippen LogP contribution in [-0.2, 0) is 28.7 Å². The normalized spacial score (nSPS) is 27.7. The third-order valence-corrected chi connectivity index (χ3v) is 4.33. The SMILES string of the molecule is CCNC(=O)C(=O)NC[C@@H](O)[C@@H](O)[C@@H]1O[C@@](OC)(C(=O)[O-])C[C@H](O)[C@H]1NC(C)=O.[Na+]. The van der Waals surface area contributed by atoms with Gasteiger partial charge in [-0.2, -0.15) is 0 Å². The fraction of sp³-hybridized carbons (Fsp3) is 0.750. The molecule has 0 spiro atoms. The Bertz CT molecular complexity index is 636. The molecule has 0 unspecified atom stereocenters. The van der Waals surface area contributed by atoms with Gasteiger partial charge in [0.05, 0.1) is 18.2 Å². The topological polar surface area (TPSA) is 207 Å². The van der Waals surface area contributed by atoms with E-state index in [0.717, 1.165) is 14.0 Å². The van der Waals surface area contributed by atoms with E-state index in [9.17, 15) is 39.6 Å². The zero-order chi connectivity index (χ0) is 22.4. The molecule has 0 bridgehead atoms. The van der Waals surface area contributed by atoms with Gasteiger partial charge in [0.25, 0.3) is 0 Å². The van der Waals surface area contributed by atoms with Crippen LogP contribution in [0.25, 0.3) is 0 Å². The number of rotatable bonds is 8. The molecule has 0 aliphatic carbocycles. The van der Waals surface area contributed by atoms with Crippen LogP contribution in [0.15, 0.2) is 0 Å². The predicted octanol–water partition coefficient (Wildman–Crippen LogP) is -8.29. The molecule has 13 nitrogen and oxygen atoms in total. The van der Waals surface area contributed by atoms with Crippen LogP contribution in [-0.4, -0.2) is 95.5 Å². The maximum Gasteiger partial charge on any atom is 1.00 e. The number of ether oxygens (including phenoxy) is 2. The molecule has 30 heavy (non-hydrogen) atoms. The number of aliphatic hydroxyl groups excluding tert-OH is 3. The number of likely N-dealkylation sites (N-methyl/N-ethyl adjacent to an activating group) is 1. The molecule has 6 N–H and O–H groups in total. The van der Waals surface area contributed by atoms with Crippen LogP contribution in [0.1, 0.15) is 20.3 Å². The number of carbonyl (C=O) groups excluding carboxylic acids is 4. The number of aliphatic carboxylic acids is 1. The van der Waals surface area contributed by atoms with Crippen LogP contribution in [0.5, 0.6) is 0 Å². The molecule has 1 rings (SSSR count). The first-order valence-corrected chi connectivity index (χ1v) is 8.80. The molecule has 0 saturated carbocycles. The van der Waals surface area contributed by atoms with Crippen molar-refractivity contribution in [2.45, 2.75) is 56.5 Å². The summed E-state index contributed by atoms with van der Waals surface area (Å²) in [4.78, 5) is 45.9. The van der Waals surface area contributed by atoms with E-state index < -0.39 is 72.9 Å². The van der Waals surface area contributed by atoms with E-state index in [1.807, 2.05) is 0 Å². The number of aliphatic hydroxyl groups is 3. The molecule has 1 saturated heterocycles. The first kappa shape index (κ1) is 28.7. The summed E-state index contributed by atoms with van der Waals surface area (Å²) >= 11 is 0. The van der Waals surface area contributed by atoms with Crippen molar-refractivity contribution in [2.75, 3.05) is 20.2 Å². The molecule has 1 aliphatic heterocycles. The van der Waals surface area contributed by atoms with Crippen LogP contribution in [0.2, 0.25) is 0 Å². The number of hydrogen-bond acceptors (Lipinski definition) is 10. The molecule has 1 aliphatic rings. The molecular weight excluding hydrogens is 417 g/mol. The zero-order valence-corrected chi connectivity index (χ0v) is 19.2. The van der Waals surface area contributed by atoms with E-state index in [0.29, 0.717) is 0 Å². The summed E-state index contributed by atoms with van der Waals surface area (Å²) in [7, 11) is 0.980. The third-order valence-electron chi connectivity index (χ3n) is 4.33. The van der Waals surface area contributed by atoms with Crippen molar-refractivity contribution in [3.8, 4) is 0 Å². The van der Waals surface area contributed by atoms with Crippen LogP contribution in [0.3, 0.4) is 0 Å². The Kier molecular flexibility index (Phi) is 12.0. The van der Waals surface area contributed by atoms with Crippen LogP contribution in [0.4, 0.5) is 0 Å². The van der Waals surface area contributed by atoms with Crippen molar-refractivity contribution in [3.63, 3.8) is 0 Å². The summed E-state index contributed by atoms with van der Waals surface area (Å²) in [6.07, 6.45) is -7.47. The molecule has 1 heterocycles. The maximum absolute atomic E-state index is 11.6.